The molecule has 0 aliphatic heterocycles. The first-order valence-corrected chi connectivity index (χ1v) is 6.44. The topological polar surface area (TPSA) is 70.2 Å². The highest BCUT2D eigenvalue weighted by atomic mass is 16.2. The highest BCUT2D eigenvalue weighted by molar-refractivity contribution is 5.93. The van der Waals surface area contributed by atoms with Crippen LogP contribution in [-0.4, -0.2) is 24.4 Å². The molecule has 104 valence electrons. The molecule has 1 aromatic rings. The molecule has 0 radical (unpaired) electrons. The Morgan fingerprint density at radius 1 is 1.00 bits per heavy atom. The number of anilines is 2. The van der Waals surface area contributed by atoms with Crippen LogP contribution in [0.4, 0.5) is 11.4 Å². The molecule has 0 aliphatic rings. The molecule has 1 aromatic carbocycles. The Bertz CT molecular complexity index is 427. The van der Waals surface area contributed by atoms with Gasteiger partial charge in [-0.15, -0.1) is 0 Å². The van der Waals surface area contributed by atoms with Crippen molar-refractivity contribution >= 4 is 23.2 Å². The second-order valence-corrected chi connectivity index (χ2v) is 4.56. The van der Waals surface area contributed by atoms with E-state index in [-0.39, 0.29) is 24.4 Å². The van der Waals surface area contributed by atoms with Crippen molar-refractivity contribution in [1.82, 2.24) is 5.32 Å². The van der Waals surface area contributed by atoms with Crippen molar-refractivity contribution in [2.24, 2.45) is 0 Å². The van der Waals surface area contributed by atoms with Crippen LogP contribution in [0.5, 0.6) is 0 Å². The molecule has 5 nitrogen and oxygen atoms in total. The predicted octanol–water partition coefficient (Wildman–Crippen LogP) is 1.97. The molecule has 19 heavy (non-hydrogen) atoms. The average molecular weight is 263 g/mol. The van der Waals surface area contributed by atoms with Gasteiger partial charge in [-0.3, -0.25) is 9.59 Å². The molecule has 1 rings (SSSR count). The quantitative estimate of drug-likeness (QED) is 0.735. The third-order valence-corrected chi connectivity index (χ3v) is 2.44. The number of hydrogen-bond acceptors (Lipinski definition) is 3. The summed E-state index contributed by atoms with van der Waals surface area (Å²) in [5.74, 6) is -0.114. The van der Waals surface area contributed by atoms with E-state index in [0.717, 1.165) is 5.69 Å². The lowest BCUT2D eigenvalue weighted by molar-refractivity contribution is -0.116. The summed E-state index contributed by atoms with van der Waals surface area (Å²) < 4.78 is 0. The van der Waals surface area contributed by atoms with E-state index >= 15 is 0 Å². The molecule has 2 amide bonds. The van der Waals surface area contributed by atoms with E-state index < -0.39 is 0 Å². The van der Waals surface area contributed by atoms with E-state index in [1.54, 1.807) is 31.2 Å². The minimum absolute atomic E-state index is 0.0297. The van der Waals surface area contributed by atoms with E-state index in [1.807, 2.05) is 13.8 Å². The normalized spacial score (nSPS) is 10.3. The highest BCUT2D eigenvalue weighted by Gasteiger charge is 2.03. The second-order valence-electron chi connectivity index (χ2n) is 4.56. The molecule has 5 heteroatoms. The Kier molecular flexibility index (Phi) is 6.02. The lowest BCUT2D eigenvalue weighted by atomic mass is 10.2. The largest absolute Gasteiger partial charge is 0.326 e. The van der Waals surface area contributed by atoms with Crippen molar-refractivity contribution in [3.63, 3.8) is 0 Å². The lowest BCUT2D eigenvalue weighted by Gasteiger charge is -2.09. The van der Waals surface area contributed by atoms with Crippen LogP contribution in [-0.2, 0) is 9.59 Å². The molecular weight excluding hydrogens is 242 g/mol. The summed E-state index contributed by atoms with van der Waals surface area (Å²) in [6.45, 7) is 6.05. The van der Waals surface area contributed by atoms with Gasteiger partial charge in [-0.2, -0.15) is 0 Å². The third kappa shape index (κ3) is 6.01. The van der Waals surface area contributed by atoms with Gasteiger partial charge in [0.25, 0.3) is 0 Å². The highest BCUT2D eigenvalue weighted by Crippen LogP contribution is 2.13. The zero-order chi connectivity index (χ0) is 14.3. The lowest BCUT2D eigenvalue weighted by Crippen LogP contribution is -2.32. The van der Waals surface area contributed by atoms with Gasteiger partial charge in [0.15, 0.2) is 0 Å². The van der Waals surface area contributed by atoms with Crippen LogP contribution in [0.1, 0.15) is 27.2 Å². The molecule has 0 fully saturated rings. The van der Waals surface area contributed by atoms with Crippen LogP contribution in [0, 0.1) is 0 Å². The number of hydrogen-bond donors (Lipinski definition) is 3. The number of nitrogens with one attached hydrogen (secondary N) is 3. The monoisotopic (exact) mass is 263 g/mol. The van der Waals surface area contributed by atoms with E-state index in [9.17, 15) is 9.59 Å². The summed E-state index contributed by atoms with van der Waals surface area (Å²) in [5.41, 5.74) is 1.44. The summed E-state index contributed by atoms with van der Waals surface area (Å²) in [6.07, 6.45) is 0.444. The van der Waals surface area contributed by atoms with Gasteiger partial charge in [0.05, 0.1) is 6.54 Å². The van der Waals surface area contributed by atoms with Gasteiger partial charge in [0.1, 0.15) is 0 Å². The molecule has 0 unspecified atom stereocenters. The van der Waals surface area contributed by atoms with Gasteiger partial charge < -0.3 is 16.0 Å². The number of benzene rings is 1. The Morgan fingerprint density at radius 3 is 1.89 bits per heavy atom. The first kappa shape index (κ1) is 15.2. The van der Waals surface area contributed by atoms with Gasteiger partial charge in [0.2, 0.25) is 11.8 Å². The van der Waals surface area contributed by atoms with Gasteiger partial charge in [-0.25, -0.2) is 0 Å². The zero-order valence-corrected chi connectivity index (χ0v) is 11.6. The van der Waals surface area contributed by atoms with Crippen molar-refractivity contribution in [3.8, 4) is 0 Å². The van der Waals surface area contributed by atoms with Gasteiger partial charge in [0, 0.05) is 23.8 Å². The van der Waals surface area contributed by atoms with Crippen molar-refractivity contribution in [1.29, 1.82) is 0 Å². The fraction of sp³-hybridized carbons (Fsp3) is 0.429. The first-order valence-electron chi connectivity index (χ1n) is 6.44. The Hall–Kier alpha value is -1.88. The molecule has 3 N–H and O–H groups in total. The van der Waals surface area contributed by atoms with Crippen molar-refractivity contribution in [2.45, 2.75) is 33.2 Å². The molecule has 0 bridgehead atoms. The molecule has 0 saturated carbocycles. The maximum absolute atomic E-state index is 11.6. The minimum Gasteiger partial charge on any atom is -0.326 e. The van der Waals surface area contributed by atoms with Gasteiger partial charge >= 0.3 is 0 Å². The Labute approximate surface area is 113 Å². The van der Waals surface area contributed by atoms with E-state index in [0.29, 0.717) is 12.1 Å². The van der Waals surface area contributed by atoms with Crippen LogP contribution in [0.15, 0.2) is 24.3 Å². The van der Waals surface area contributed by atoms with Crippen LogP contribution < -0.4 is 16.0 Å². The van der Waals surface area contributed by atoms with Gasteiger partial charge in [-0.05, 0) is 24.3 Å². The molecule has 0 saturated heterocycles. The van der Waals surface area contributed by atoms with E-state index in [2.05, 4.69) is 16.0 Å². The molecule has 0 heterocycles. The van der Waals surface area contributed by atoms with E-state index in [1.165, 1.54) is 0 Å². The van der Waals surface area contributed by atoms with Crippen LogP contribution in [0.2, 0.25) is 0 Å². The SMILES string of the molecule is CCC(=O)Nc1ccc(NC(=O)CNC(C)C)cc1. The van der Waals surface area contributed by atoms with Crippen molar-refractivity contribution in [3.05, 3.63) is 24.3 Å². The van der Waals surface area contributed by atoms with Crippen LogP contribution in [0.25, 0.3) is 0 Å². The van der Waals surface area contributed by atoms with Crippen LogP contribution >= 0.6 is 0 Å². The average Bonchev–Trinajstić information content (AvgIpc) is 2.38. The predicted molar refractivity (Wildman–Crippen MR) is 77.1 cm³/mol. The number of carbonyl (C=O) groups is 2. The summed E-state index contributed by atoms with van der Waals surface area (Å²) in [6, 6.07) is 7.33. The summed E-state index contributed by atoms with van der Waals surface area (Å²) in [4.78, 5) is 22.8. The fourth-order valence-corrected chi connectivity index (χ4v) is 1.39. The maximum atomic E-state index is 11.6. The minimum atomic E-state index is -0.0842. The molecule has 0 aliphatic carbocycles. The number of amides is 2. The second kappa shape index (κ2) is 7.53. The summed E-state index contributed by atoms with van der Waals surface area (Å²) >= 11 is 0. The van der Waals surface area contributed by atoms with Crippen LogP contribution in [0.3, 0.4) is 0 Å². The maximum Gasteiger partial charge on any atom is 0.238 e. The fourth-order valence-electron chi connectivity index (χ4n) is 1.39. The molecular formula is C14H21N3O2. The summed E-state index contributed by atoms with van der Waals surface area (Å²) in [5, 5.41) is 8.57. The number of rotatable bonds is 6. The standard InChI is InChI=1S/C14H21N3O2/c1-4-13(18)16-11-5-7-12(8-6-11)17-14(19)9-15-10(2)3/h5-8,10,15H,4,9H2,1-3H3,(H,16,18)(H,17,19). The molecule has 0 atom stereocenters. The molecule has 0 spiro atoms. The smallest absolute Gasteiger partial charge is 0.238 e. The number of carbonyl (C=O) groups excluding carboxylic acids is 2. The first-order chi connectivity index (χ1) is 9.01. The van der Waals surface area contributed by atoms with Gasteiger partial charge in [-0.1, -0.05) is 20.8 Å². The molecule has 0 aromatic heterocycles. The van der Waals surface area contributed by atoms with Crippen molar-refractivity contribution < 1.29 is 9.59 Å². The Balaban J connectivity index is 2.47. The zero-order valence-electron chi connectivity index (χ0n) is 11.6. The Morgan fingerprint density at radius 2 is 1.47 bits per heavy atom. The van der Waals surface area contributed by atoms with Crippen molar-refractivity contribution in [2.75, 3.05) is 17.2 Å². The summed E-state index contributed by atoms with van der Waals surface area (Å²) in [7, 11) is 0. The van der Waals surface area contributed by atoms with E-state index in [4.69, 9.17) is 0 Å². The third-order valence-electron chi connectivity index (χ3n) is 2.44.